The molecule has 42 heavy (non-hydrogen) atoms. The largest absolute Gasteiger partial charge is 0.339 e. The Labute approximate surface area is 248 Å². The van der Waals surface area contributed by atoms with Gasteiger partial charge in [-0.25, -0.2) is 4.98 Å². The SMILES string of the molecule is Cc1nc2ccccc2n1[C@H]1C[C@H]2CC[C@@H](C1)N2CCC1(c2ccccc2)CCN(C(=O)c2ccc(C#N)cc2)CC1. The molecule has 3 aromatic carbocycles. The molecule has 3 atom stereocenters. The number of fused-ring (bicyclic) bond motifs is 3. The third-order valence-electron chi connectivity index (χ3n) is 10.5. The Morgan fingerprint density at radius 1 is 0.905 bits per heavy atom. The molecule has 1 aromatic heterocycles. The summed E-state index contributed by atoms with van der Waals surface area (Å²) >= 11 is 0. The van der Waals surface area contributed by atoms with Crippen molar-refractivity contribution in [2.45, 2.75) is 75.4 Å². The fraction of sp³-hybridized carbons (Fsp3) is 0.417. The highest BCUT2D eigenvalue weighted by Gasteiger charge is 2.44. The molecule has 3 aliphatic heterocycles. The minimum atomic E-state index is 0.0728. The van der Waals surface area contributed by atoms with Crippen molar-refractivity contribution in [3.63, 3.8) is 0 Å². The van der Waals surface area contributed by atoms with Gasteiger partial charge in [-0.3, -0.25) is 9.69 Å². The first kappa shape index (κ1) is 26.9. The van der Waals surface area contributed by atoms with Gasteiger partial charge in [-0.1, -0.05) is 42.5 Å². The number of piperidine rings is 2. The lowest BCUT2D eigenvalue weighted by Gasteiger charge is -2.45. The van der Waals surface area contributed by atoms with Crippen LogP contribution in [0, 0.1) is 18.3 Å². The Kier molecular flexibility index (Phi) is 7.07. The van der Waals surface area contributed by atoms with Gasteiger partial charge in [-0.2, -0.15) is 5.26 Å². The Morgan fingerprint density at radius 3 is 2.26 bits per heavy atom. The Morgan fingerprint density at radius 2 is 1.57 bits per heavy atom. The lowest BCUT2D eigenvalue weighted by molar-refractivity contribution is 0.0607. The number of hydrogen-bond donors (Lipinski definition) is 0. The number of benzene rings is 3. The Hall–Kier alpha value is -3.95. The quantitative estimate of drug-likeness (QED) is 0.266. The fourth-order valence-corrected chi connectivity index (χ4v) is 8.27. The number of hydrogen-bond acceptors (Lipinski definition) is 4. The van der Waals surface area contributed by atoms with Gasteiger partial charge in [0.15, 0.2) is 0 Å². The normalized spacial score (nSPS) is 23.6. The molecule has 2 bridgehead atoms. The van der Waals surface area contributed by atoms with Crippen molar-refractivity contribution >= 4 is 16.9 Å². The topological polar surface area (TPSA) is 65.2 Å². The second-order valence-corrected chi connectivity index (χ2v) is 12.6. The summed E-state index contributed by atoms with van der Waals surface area (Å²) in [7, 11) is 0. The van der Waals surface area contributed by atoms with Gasteiger partial charge in [-0.15, -0.1) is 0 Å². The van der Waals surface area contributed by atoms with E-state index < -0.39 is 0 Å². The molecule has 0 spiro atoms. The predicted molar refractivity (Wildman–Crippen MR) is 165 cm³/mol. The molecule has 0 N–H and O–H groups in total. The summed E-state index contributed by atoms with van der Waals surface area (Å²) in [5, 5.41) is 9.12. The third-order valence-corrected chi connectivity index (χ3v) is 10.5. The summed E-state index contributed by atoms with van der Waals surface area (Å²) < 4.78 is 2.52. The van der Waals surface area contributed by atoms with Crippen LogP contribution in [-0.4, -0.2) is 57.0 Å². The maximum absolute atomic E-state index is 13.3. The number of carbonyl (C=O) groups excluding carboxylic acids is 1. The van der Waals surface area contributed by atoms with Gasteiger partial charge in [0.25, 0.3) is 5.91 Å². The van der Waals surface area contributed by atoms with Crippen LogP contribution in [0.25, 0.3) is 11.0 Å². The molecule has 6 heteroatoms. The van der Waals surface area contributed by atoms with Crippen LogP contribution >= 0.6 is 0 Å². The lowest BCUT2D eigenvalue weighted by Crippen LogP contribution is -2.49. The first-order valence-electron chi connectivity index (χ1n) is 15.6. The summed E-state index contributed by atoms with van der Waals surface area (Å²) in [5.41, 5.74) is 5.13. The van der Waals surface area contributed by atoms with Crippen molar-refractivity contribution in [1.82, 2.24) is 19.4 Å². The van der Waals surface area contributed by atoms with Crippen LogP contribution in [0.1, 0.15) is 78.3 Å². The first-order chi connectivity index (χ1) is 20.5. The van der Waals surface area contributed by atoms with Gasteiger partial charge >= 0.3 is 0 Å². The fourth-order valence-electron chi connectivity index (χ4n) is 8.27. The molecule has 0 unspecified atom stereocenters. The van der Waals surface area contributed by atoms with Crippen LogP contribution in [0.4, 0.5) is 0 Å². The Bertz CT molecular complexity index is 1600. The first-order valence-corrected chi connectivity index (χ1v) is 15.6. The van der Waals surface area contributed by atoms with Gasteiger partial charge in [0.1, 0.15) is 5.82 Å². The van der Waals surface area contributed by atoms with Gasteiger partial charge in [-0.05, 0) is 106 Å². The number of rotatable bonds is 6. The molecule has 6 nitrogen and oxygen atoms in total. The van der Waals surface area contributed by atoms with E-state index >= 15 is 0 Å². The van der Waals surface area contributed by atoms with E-state index in [1.54, 1.807) is 24.3 Å². The number of aryl methyl sites for hydroxylation is 1. The van der Waals surface area contributed by atoms with Gasteiger partial charge in [0.2, 0.25) is 0 Å². The van der Waals surface area contributed by atoms with E-state index in [1.165, 1.54) is 36.8 Å². The average Bonchev–Trinajstić information content (AvgIpc) is 3.50. The molecular formula is C36H39N5O. The molecule has 0 radical (unpaired) electrons. The maximum Gasteiger partial charge on any atom is 0.253 e. The summed E-state index contributed by atoms with van der Waals surface area (Å²) in [6, 6.07) is 30.6. The number of carbonyl (C=O) groups is 1. The molecule has 4 heterocycles. The summed E-state index contributed by atoms with van der Waals surface area (Å²) in [5.74, 6) is 1.21. The molecule has 0 saturated carbocycles. The van der Waals surface area contributed by atoms with E-state index in [9.17, 15) is 4.79 Å². The molecule has 3 saturated heterocycles. The van der Waals surface area contributed by atoms with E-state index in [4.69, 9.17) is 10.2 Å². The van der Waals surface area contributed by atoms with Crippen LogP contribution in [-0.2, 0) is 5.41 Å². The highest BCUT2D eigenvalue weighted by molar-refractivity contribution is 5.94. The summed E-state index contributed by atoms with van der Waals surface area (Å²) in [6.07, 6.45) is 8.05. The smallest absolute Gasteiger partial charge is 0.253 e. The summed E-state index contributed by atoms with van der Waals surface area (Å²) in [6.45, 7) is 4.80. The van der Waals surface area contributed by atoms with Crippen LogP contribution in [0.3, 0.4) is 0 Å². The monoisotopic (exact) mass is 557 g/mol. The zero-order chi connectivity index (χ0) is 28.7. The lowest BCUT2D eigenvalue weighted by atomic mass is 9.70. The van der Waals surface area contributed by atoms with E-state index in [0.717, 1.165) is 50.2 Å². The van der Waals surface area contributed by atoms with Crippen LogP contribution in [0.2, 0.25) is 0 Å². The molecule has 0 aliphatic carbocycles. The Balaban J connectivity index is 1.05. The second kappa shape index (κ2) is 11.0. The number of nitrogens with zero attached hydrogens (tertiary/aromatic N) is 5. The van der Waals surface area contributed by atoms with E-state index in [-0.39, 0.29) is 11.3 Å². The van der Waals surface area contributed by atoms with Gasteiger partial charge in [0, 0.05) is 36.8 Å². The predicted octanol–water partition coefficient (Wildman–Crippen LogP) is 6.65. The highest BCUT2D eigenvalue weighted by Crippen LogP contribution is 2.45. The molecule has 7 rings (SSSR count). The minimum Gasteiger partial charge on any atom is -0.339 e. The van der Waals surface area contributed by atoms with Crippen molar-refractivity contribution < 1.29 is 4.79 Å². The van der Waals surface area contributed by atoms with E-state index in [0.29, 0.717) is 29.3 Å². The number of likely N-dealkylation sites (tertiary alicyclic amines) is 1. The van der Waals surface area contributed by atoms with Crippen LogP contribution in [0.5, 0.6) is 0 Å². The van der Waals surface area contributed by atoms with Crippen molar-refractivity contribution in [3.8, 4) is 6.07 Å². The number of imidazole rings is 1. The number of para-hydroxylation sites is 2. The molecular weight excluding hydrogens is 518 g/mol. The average molecular weight is 558 g/mol. The standard InChI is InChI=1S/C36H39N5O/c1-26-38-33-9-5-6-10-34(33)41(26)32-23-30-15-16-31(24-32)40(30)22-19-36(29-7-3-2-4-8-29)17-20-39(21-18-36)35(42)28-13-11-27(25-37)12-14-28/h2-14,30-32H,15-24H2,1H3/t30-,31+,32+. The van der Waals surface area contributed by atoms with Crippen molar-refractivity contribution in [1.29, 1.82) is 5.26 Å². The number of nitriles is 1. The molecule has 3 fully saturated rings. The molecule has 4 aromatic rings. The third kappa shape index (κ3) is 4.80. The number of aromatic nitrogens is 2. The molecule has 1 amide bonds. The highest BCUT2D eigenvalue weighted by atomic mass is 16.2. The second-order valence-electron chi connectivity index (χ2n) is 12.6. The maximum atomic E-state index is 13.3. The van der Waals surface area contributed by atoms with Crippen molar-refractivity contribution in [2.75, 3.05) is 19.6 Å². The zero-order valence-corrected chi connectivity index (χ0v) is 24.5. The van der Waals surface area contributed by atoms with Gasteiger partial charge in [0.05, 0.1) is 22.7 Å². The van der Waals surface area contributed by atoms with E-state index in [1.807, 2.05) is 4.90 Å². The number of amides is 1. The van der Waals surface area contributed by atoms with Gasteiger partial charge < -0.3 is 9.47 Å². The van der Waals surface area contributed by atoms with E-state index in [2.05, 4.69) is 77.1 Å². The molecule has 3 aliphatic rings. The zero-order valence-electron chi connectivity index (χ0n) is 24.5. The van der Waals surface area contributed by atoms with Crippen LogP contribution in [0.15, 0.2) is 78.9 Å². The van der Waals surface area contributed by atoms with Crippen LogP contribution < -0.4 is 0 Å². The minimum absolute atomic E-state index is 0.0728. The summed E-state index contributed by atoms with van der Waals surface area (Å²) in [4.78, 5) is 23.0. The molecule has 214 valence electrons. The van der Waals surface area contributed by atoms with Crippen molar-refractivity contribution in [2.24, 2.45) is 0 Å². The van der Waals surface area contributed by atoms with Crippen molar-refractivity contribution in [3.05, 3.63) is 101 Å².